The number of hydrogen-bond donors (Lipinski definition) is 1. The number of nitrogens with two attached hydrogens (primary N) is 1. The van der Waals surface area contributed by atoms with Crippen molar-refractivity contribution in [2.24, 2.45) is 5.73 Å². The number of hydrogen-bond acceptors (Lipinski definition) is 3. The van der Waals surface area contributed by atoms with Crippen LogP contribution < -0.4 is 5.73 Å². The van der Waals surface area contributed by atoms with Gasteiger partial charge in [0.2, 0.25) is 0 Å². The van der Waals surface area contributed by atoms with Gasteiger partial charge in [0, 0.05) is 10.3 Å². The maximum atomic E-state index is 6.18. The van der Waals surface area contributed by atoms with Gasteiger partial charge in [0.1, 0.15) is 5.15 Å². The van der Waals surface area contributed by atoms with Gasteiger partial charge in [-0.05, 0) is 49.4 Å². The van der Waals surface area contributed by atoms with Crippen molar-refractivity contribution in [3.8, 4) is 0 Å². The summed E-state index contributed by atoms with van der Waals surface area (Å²) >= 11 is 7.88. The highest BCUT2D eigenvalue weighted by Crippen LogP contribution is 2.25. The molecule has 0 amide bonds. The summed E-state index contributed by atoms with van der Waals surface area (Å²) in [4.78, 5) is 5.65. The molecule has 0 aliphatic heterocycles. The fraction of sp³-hybridized carbons (Fsp3) is 0.308. The summed E-state index contributed by atoms with van der Waals surface area (Å²) in [5.74, 6) is 0. The quantitative estimate of drug-likeness (QED) is 0.680. The summed E-state index contributed by atoms with van der Waals surface area (Å²) in [7, 11) is 0. The summed E-state index contributed by atoms with van der Waals surface area (Å²) in [6.45, 7) is 0.680. The molecule has 0 spiro atoms. The Balaban J connectivity index is 2.43. The Hall–Kier alpha value is -0.770. The van der Waals surface area contributed by atoms with E-state index in [9.17, 15) is 0 Å². The van der Waals surface area contributed by atoms with E-state index >= 15 is 0 Å². The third-order valence-electron chi connectivity index (χ3n) is 2.70. The van der Waals surface area contributed by atoms with Crippen LogP contribution in [0.3, 0.4) is 0 Å². The van der Waals surface area contributed by atoms with Crippen molar-refractivity contribution in [2.75, 3.05) is 12.8 Å². The average molecular weight is 267 g/mol. The van der Waals surface area contributed by atoms with Crippen LogP contribution in [0.2, 0.25) is 5.15 Å². The first-order valence-corrected chi connectivity index (χ1v) is 7.18. The lowest BCUT2D eigenvalue weighted by Gasteiger charge is -2.06. The molecule has 1 aromatic heterocycles. The Morgan fingerprint density at radius 1 is 1.35 bits per heavy atom. The minimum Gasteiger partial charge on any atom is -0.330 e. The molecule has 0 saturated carbocycles. The summed E-state index contributed by atoms with van der Waals surface area (Å²) < 4.78 is 0. The number of pyridine rings is 1. The number of aromatic nitrogens is 1. The molecule has 0 aliphatic rings. The standard InChI is InChI=1S/C13H15ClN2S/c1-17-11-5-4-9-7-10(3-2-6-15)13(14)16-12(9)8-11/h4-5,7-8H,2-3,6,15H2,1H3. The number of rotatable bonds is 4. The van der Waals surface area contributed by atoms with Gasteiger partial charge in [-0.3, -0.25) is 0 Å². The zero-order chi connectivity index (χ0) is 12.3. The number of aryl methyl sites for hydroxylation is 1. The summed E-state index contributed by atoms with van der Waals surface area (Å²) in [6.07, 6.45) is 3.89. The first-order valence-electron chi connectivity index (χ1n) is 5.58. The average Bonchev–Trinajstić information content (AvgIpc) is 2.35. The van der Waals surface area contributed by atoms with Gasteiger partial charge in [-0.2, -0.15) is 0 Å². The van der Waals surface area contributed by atoms with Crippen LogP contribution in [0.1, 0.15) is 12.0 Å². The molecule has 0 saturated heterocycles. The number of benzene rings is 1. The van der Waals surface area contributed by atoms with Gasteiger partial charge < -0.3 is 5.73 Å². The van der Waals surface area contributed by atoms with Crippen molar-refractivity contribution in [1.82, 2.24) is 4.98 Å². The summed E-state index contributed by atoms with van der Waals surface area (Å²) in [6, 6.07) is 8.38. The third-order valence-corrected chi connectivity index (χ3v) is 3.75. The number of thioether (sulfide) groups is 1. The van der Waals surface area contributed by atoms with E-state index < -0.39 is 0 Å². The van der Waals surface area contributed by atoms with Crippen LogP contribution in [-0.4, -0.2) is 17.8 Å². The zero-order valence-corrected chi connectivity index (χ0v) is 11.3. The molecular formula is C13H15ClN2S. The van der Waals surface area contributed by atoms with Gasteiger partial charge in [-0.1, -0.05) is 17.7 Å². The molecule has 2 aromatic rings. The van der Waals surface area contributed by atoms with Gasteiger partial charge in [0.05, 0.1) is 5.52 Å². The second-order valence-electron chi connectivity index (χ2n) is 3.89. The van der Waals surface area contributed by atoms with E-state index in [1.807, 2.05) is 0 Å². The van der Waals surface area contributed by atoms with E-state index in [2.05, 4.69) is 35.5 Å². The van der Waals surface area contributed by atoms with Crippen LogP contribution in [-0.2, 0) is 6.42 Å². The molecule has 0 radical (unpaired) electrons. The maximum absolute atomic E-state index is 6.18. The van der Waals surface area contributed by atoms with Crippen LogP contribution in [0.5, 0.6) is 0 Å². The third kappa shape index (κ3) is 2.92. The van der Waals surface area contributed by atoms with Crippen molar-refractivity contribution in [2.45, 2.75) is 17.7 Å². The molecule has 2 N–H and O–H groups in total. The first kappa shape index (κ1) is 12.7. The fourth-order valence-corrected chi connectivity index (χ4v) is 2.44. The SMILES string of the molecule is CSc1ccc2cc(CCCN)c(Cl)nc2c1. The molecule has 1 aromatic carbocycles. The summed E-state index contributed by atoms with van der Waals surface area (Å²) in [5, 5.41) is 1.74. The maximum Gasteiger partial charge on any atom is 0.132 e. The van der Waals surface area contributed by atoms with E-state index in [1.165, 1.54) is 4.90 Å². The Morgan fingerprint density at radius 3 is 2.88 bits per heavy atom. The lowest BCUT2D eigenvalue weighted by atomic mass is 10.1. The minimum absolute atomic E-state index is 0.601. The molecule has 0 unspecified atom stereocenters. The van der Waals surface area contributed by atoms with Gasteiger partial charge >= 0.3 is 0 Å². The van der Waals surface area contributed by atoms with Crippen molar-refractivity contribution in [3.05, 3.63) is 35.0 Å². The summed E-state index contributed by atoms with van der Waals surface area (Å²) in [5.41, 5.74) is 7.55. The van der Waals surface area contributed by atoms with Crippen LogP contribution in [0.25, 0.3) is 10.9 Å². The van der Waals surface area contributed by atoms with Crippen molar-refractivity contribution < 1.29 is 0 Å². The Labute approximate surface area is 111 Å². The topological polar surface area (TPSA) is 38.9 Å². The number of fused-ring (bicyclic) bond motifs is 1. The highest BCUT2D eigenvalue weighted by molar-refractivity contribution is 7.98. The lowest BCUT2D eigenvalue weighted by Crippen LogP contribution is -2.01. The first-order chi connectivity index (χ1) is 8.24. The van der Waals surface area contributed by atoms with Gasteiger partial charge in [-0.25, -0.2) is 4.98 Å². The largest absolute Gasteiger partial charge is 0.330 e. The van der Waals surface area contributed by atoms with E-state index in [4.69, 9.17) is 17.3 Å². The lowest BCUT2D eigenvalue weighted by molar-refractivity contribution is 0.831. The molecule has 2 nitrogen and oxygen atoms in total. The highest BCUT2D eigenvalue weighted by atomic mass is 35.5. The number of halogens is 1. The molecular weight excluding hydrogens is 252 g/mol. The van der Waals surface area contributed by atoms with Crippen LogP contribution >= 0.6 is 23.4 Å². The molecule has 0 fully saturated rings. The minimum atomic E-state index is 0.601. The van der Waals surface area contributed by atoms with Gasteiger partial charge in [-0.15, -0.1) is 11.8 Å². The van der Waals surface area contributed by atoms with Crippen molar-refractivity contribution in [3.63, 3.8) is 0 Å². The van der Waals surface area contributed by atoms with Crippen molar-refractivity contribution >= 4 is 34.3 Å². The smallest absolute Gasteiger partial charge is 0.132 e. The van der Waals surface area contributed by atoms with E-state index in [0.29, 0.717) is 11.7 Å². The monoisotopic (exact) mass is 266 g/mol. The van der Waals surface area contributed by atoms with Crippen LogP contribution in [0.15, 0.2) is 29.2 Å². The molecule has 90 valence electrons. The predicted molar refractivity (Wildman–Crippen MR) is 75.9 cm³/mol. The van der Waals surface area contributed by atoms with Gasteiger partial charge in [0.25, 0.3) is 0 Å². The second-order valence-corrected chi connectivity index (χ2v) is 5.13. The zero-order valence-electron chi connectivity index (χ0n) is 9.74. The van der Waals surface area contributed by atoms with Gasteiger partial charge in [0.15, 0.2) is 0 Å². The second kappa shape index (κ2) is 5.71. The van der Waals surface area contributed by atoms with E-state index in [-0.39, 0.29) is 0 Å². The molecule has 17 heavy (non-hydrogen) atoms. The molecule has 1 heterocycles. The van der Waals surface area contributed by atoms with E-state index in [1.54, 1.807) is 11.8 Å². The predicted octanol–water partition coefficient (Wildman–Crippen LogP) is 3.50. The Bertz CT molecular complexity index is 528. The normalized spacial score (nSPS) is 11.0. The van der Waals surface area contributed by atoms with E-state index in [0.717, 1.165) is 29.3 Å². The Morgan fingerprint density at radius 2 is 2.18 bits per heavy atom. The van der Waals surface area contributed by atoms with Crippen molar-refractivity contribution in [1.29, 1.82) is 0 Å². The van der Waals surface area contributed by atoms with Crippen LogP contribution in [0, 0.1) is 0 Å². The molecule has 0 aliphatic carbocycles. The Kier molecular flexibility index (Phi) is 4.26. The molecule has 2 rings (SSSR count). The molecule has 4 heteroatoms. The fourth-order valence-electron chi connectivity index (χ4n) is 1.76. The number of nitrogens with zero attached hydrogens (tertiary/aromatic N) is 1. The molecule has 0 atom stereocenters. The highest BCUT2D eigenvalue weighted by Gasteiger charge is 2.05. The molecule has 0 bridgehead atoms. The van der Waals surface area contributed by atoms with Crippen LogP contribution in [0.4, 0.5) is 0 Å².